The van der Waals surface area contributed by atoms with Gasteiger partial charge in [-0.2, -0.15) is 0 Å². The van der Waals surface area contributed by atoms with Gasteiger partial charge < -0.3 is 9.80 Å². The Balaban J connectivity index is 1.69. The lowest BCUT2D eigenvalue weighted by atomic mass is 10.0. The van der Waals surface area contributed by atoms with E-state index in [1.54, 1.807) is 11.0 Å². The second kappa shape index (κ2) is 8.53. The number of benzene rings is 2. The number of hydrogen-bond acceptors (Lipinski definition) is 2. The van der Waals surface area contributed by atoms with Crippen LogP contribution in [0.25, 0.3) is 0 Å². The highest BCUT2D eigenvalue weighted by molar-refractivity contribution is 6.30. The third kappa shape index (κ3) is 4.66. The molecule has 142 valence electrons. The summed E-state index contributed by atoms with van der Waals surface area (Å²) in [6.07, 6.45) is 1.61. The quantitative estimate of drug-likeness (QED) is 0.770. The molecule has 3 rings (SSSR count). The van der Waals surface area contributed by atoms with Crippen LogP contribution >= 0.6 is 11.6 Å². The molecule has 0 saturated carbocycles. The van der Waals surface area contributed by atoms with Gasteiger partial charge in [0.1, 0.15) is 5.82 Å². The van der Waals surface area contributed by atoms with Crippen molar-refractivity contribution >= 4 is 29.1 Å². The van der Waals surface area contributed by atoms with Crippen LogP contribution in [0.4, 0.5) is 10.1 Å². The standard InChI is InChI=1S/C21H22ClFN2O2/c1-15(26)24(14-16-6-3-2-4-7-16)11-9-20(27)25-10-5-8-17-12-18(22)13-19(23)21(17)25/h2-4,6-7,12-13H,5,8-11,14H2,1H3. The topological polar surface area (TPSA) is 40.6 Å². The summed E-state index contributed by atoms with van der Waals surface area (Å²) in [5.41, 5.74) is 2.09. The normalized spacial score (nSPS) is 13.2. The number of halogens is 2. The van der Waals surface area contributed by atoms with Crippen molar-refractivity contribution in [3.05, 3.63) is 64.4 Å². The molecule has 0 N–H and O–H groups in total. The van der Waals surface area contributed by atoms with Crippen LogP contribution in [-0.4, -0.2) is 29.8 Å². The monoisotopic (exact) mass is 388 g/mol. The fourth-order valence-electron chi connectivity index (χ4n) is 3.42. The van der Waals surface area contributed by atoms with E-state index in [-0.39, 0.29) is 18.2 Å². The summed E-state index contributed by atoms with van der Waals surface area (Å²) in [6, 6.07) is 12.6. The molecule has 0 aromatic heterocycles. The molecule has 27 heavy (non-hydrogen) atoms. The number of carbonyl (C=O) groups is 2. The van der Waals surface area contributed by atoms with E-state index in [9.17, 15) is 14.0 Å². The Labute approximate surface area is 163 Å². The zero-order chi connectivity index (χ0) is 19.4. The fraction of sp³-hybridized carbons (Fsp3) is 0.333. The Morgan fingerprint density at radius 1 is 1.22 bits per heavy atom. The van der Waals surface area contributed by atoms with Crippen molar-refractivity contribution in [3.63, 3.8) is 0 Å². The summed E-state index contributed by atoms with van der Waals surface area (Å²) < 4.78 is 14.4. The lowest BCUT2D eigenvalue weighted by molar-refractivity contribution is -0.130. The summed E-state index contributed by atoms with van der Waals surface area (Å²) >= 11 is 5.94. The van der Waals surface area contributed by atoms with Crippen LogP contribution in [0, 0.1) is 5.82 Å². The molecule has 1 aliphatic heterocycles. The largest absolute Gasteiger partial charge is 0.338 e. The molecule has 1 aliphatic rings. The third-order valence-electron chi connectivity index (χ3n) is 4.76. The minimum absolute atomic E-state index is 0.0938. The highest BCUT2D eigenvalue weighted by Gasteiger charge is 2.26. The SMILES string of the molecule is CC(=O)N(CCC(=O)N1CCCc2cc(Cl)cc(F)c21)Cc1ccccc1. The maximum Gasteiger partial charge on any atom is 0.228 e. The molecule has 4 nitrogen and oxygen atoms in total. The Bertz CT molecular complexity index is 842. The van der Waals surface area contributed by atoms with Gasteiger partial charge in [0.15, 0.2) is 0 Å². The molecule has 0 atom stereocenters. The first-order chi connectivity index (χ1) is 13.0. The molecule has 0 spiro atoms. The molecule has 6 heteroatoms. The second-order valence-electron chi connectivity index (χ2n) is 6.72. The number of fused-ring (bicyclic) bond motifs is 1. The lowest BCUT2D eigenvalue weighted by Crippen LogP contribution is -2.39. The van der Waals surface area contributed by atoms with Gasteiger partial charge in [-0.3, -0.25) is 9.59 Å². The predicted octanol–water partition coefficient (Wildman–Crippen LogP) is 4.20. The van der Waals surface area contributed by atoms with Crippen molar-refractivity contribution in [2.75, 3.05) is 18.0 Å². The van der Waals surface area contributed by atoms with E-state index in [1.165, 1.54) is 17.9 Å². The van der Waals surface area contributed by atoms with Gasteiger partial charge in [0, 0.05) is 38.0 Å². The summed E-state index contributed by atoms with van der Waals surface area (Å²) in [5.74, 6) is -0.751. The Morgan fingerprint density at radius 2 is 1.96 bits per heavy atom. The smallest absolute Gasteiger partial charge is 0.228 e. The maximum atomic E-state index is 14.4. The van der Waals surface area contributed by atoms with Crippen LogP contribution in [0.3, 0.4) is 0 Å². The van der Waals surface area contributed by atoms with Crippen molar-refractivity contribution in [2.24, 2.45) is 0 Å². The Morgan fingerprint density at radius 3 is 2.67 bits per heavy atom. The summed E-state index contributed by atoms with van der Waals surface area (Å²) in [6.45, 7) is 2.71. The van der Waals surface area contributed by atoms with Gasteiger partial charge in [0.25, 0.3) is 0 Å². The number of amides is 2. The van der Waals surface area contributed by atoms with Gasteiger partial charge in [-0.1, -0.05) is 41.9 Å². The average Bonchev–Trinajstić information content (AvgIpc) is 2.64. The van der Waals surface area contributed by atoms with E-state index in [1.807, 2.05) is 30.3 Å². The van der Waals surface area contributed by atoms with Crippen molar-refractivity contribution in [2.45, 2.75) is 32.7 Å². The summed E-state index contributed by atoms with van der Waals surface area (Å²) in [5, 5.41) is 0.339. The molecule has 0 saturated heterocycles. The van der Waals surface area contributed by atoms with Crippen molar-refractivity contribution in [3.8, 4) is 0 Å². The van der Waals surface area contributed by atoms with E-state index >= 15 is 0 Å². The van der Waals surface area contributed by atoms with Crippen LogP contribution < -0.4 is 4.90 Å². The van der Waals surface area contributed by atoms with Gasteiger partial charge in [0.05, 0.1) is 5.69 Å². The Hall–Kier alpha value is -2.40. The third-order valence-corrected chi connectivity index (χ3v) is 4.98. The van der Waals surface area contributed by atoms with E-state index in [0.717, 1.165) is 17.5 Å². The van der Waals surface area contributed by atoms with Crippen molar-refractivity contribution in [1.82, 2.24) is 4.90 Å². The molecular formula is C21H22ClFN2O2. The first kappa shape index (κ1) is 19.4. The Kier molecular flexibility index (Phi) is 6.11. The fourth-order valence-corrected chi connectivity index (χ4v) is 3.65. The van der Waals surface area contributed by atoms with E-state index < -0.39 is 5.82 Å². The summed E-state index contributed by atoms with van der Waals surface area (Å²) in [4.78, 5) is 27.8. The molecule has 0 aliphatic carbocycles. The number of carbonyl (C=O) groups excluding carboxylic acids is 2. The number of rotatable bonds is 5. The summed E-state index contributed by atoms with van der Waals surface area (Å²) in [7, 11) is 0. The van der Waals surface area contributed by atoms with E-state index in [2.05, 4.69) is 0 Å². The molecule has 0 unspecified atom stereocenters. The molecular weight excluding hydrogens is 367 g/mol. The van der Waals surface area contributed by atoms with Crippen molar-refractivity contribution < 1.29 is 14.0 Å². The van der Waals surface area contributed by atoms with Gasteiger partial charge in [-0.05, 0) is 36.1 Å². The van der Waals surface area contributed by atoms with Crippen LogP contribution in [0.5, 0.6) is 0 Å². The number of nitrogens with zero attached hydrogens (tertiary/aromatic N) is 2. The minimum atomic E-state index is -0.474. The molecule has 0 fully saturated rings. The predicted molar refractivity (Wildman–Crippen MR) is 104 cm³/mol. The molecule has 2 aromatic rings. The van der Waals surface area contributed by atoms with Crippen LogP contribution in [0.2, 0.25) is 5.02 Å². The van der Waals surface area contributed by atoms with Crippen molar-refractivity contribution in [1.29, 1.82) is 0 Å². The number of anilines is 1. The number of hydrogen-bond donors (Lipinski definition) is 0. The average molecular weight is 389 g/mol. The molecule has 0 radical (unpaired) electrons. The van der Waals surface area contributed by atoms with E-state index in [0.29, 0.717) is 36.8 Å². The molecule has 1 heterocycles. The van der Waals surface area contributed by atoms with Gasteiger partial charge in [-0.25, -0.2) is 4.39 Å². The first-order valence-electron chi connectivity index (χ1n) is 9.03. The highest BCUT2D eigenvalue weighted by atomic mass is 35.5. The minimum Gasteiger partial charge on any atom is -0.338 e. The van der Waals surface area contributed by atoms with Gasteiger partial charge >= 0.3 is 0 Å². The molecule has 0 bridgehead atoms. The van der Waals surface area contributed by atoms with Crippen LogP contribution in [0.1, 0.15) is 30.9 Å². The first-order valence-corrected chi connectivity index (χ1v) is 9.41. The zero-order valence-corrected chi connectivity index (χ0v) is 16.0. The second-order valence-corrected chi connectivity index (χ2v) is 7.16. The maximum absolute atomic E-state index is 14.4. The van der Waals surface area contributed by atoms with Crippen LogP contribution in [-0.2, 0) is 22.6 Å². The highest BCUT2D eigenvalue weighted by Crippen LogP contribution is 2.33. The zero-order valence-electron chi connectivity index (χ0n) is 15.3. The molecule has 2 amide bonds. The van der Waals surface area contributed by atoms with Gasteiger partial charge in [-0.15, -0.1) is 0 Å². The number of aryl methyl sites for hydroxylation is 1. The van der Waals surface area contributed by atoms with Crippen LogP contribution in [0.15, 0.2) is 42.5 Å². The molecule has 2 aromatic carbocycles. The lowest BCUT2D eigenvalue weighted by Gasteiger charge is -2.31. The van der Waals surface area contributed by atoms with E-state index in [4.69, 9.17) is 11.6 Å². The van der Waals surface area contributed by atoms with Gasteiger partial charge in [0.2, 0.25) is 11.8 Å².